The molecule has 3 nitrogen and oxygen atoms in total. The van der Waals surface area contributed by atoms with E-state index in [1.807, 2.05) is 31.2 Å². The van der Waals surface area contributed by atoms with Crippen molar-refractivity contribution in [1.82, 2.24) is 0 Å². The van der Waals surface area contributed by atoms with Gasteiger partial charge in [-0.3, -0.25) is 0 Å². The Morgan fingerprint density at radius 3 is 2.76 bits per heavy atom. The van der Waals surface area contributed by atoms with Crippen LogP contribution in [0, 0.1) is 5.92 Å². The third kappa shape index (κ3) is 3.20. The van der Waals surface area contributed by atoms with Crippen molar-refractivity contribution in [2.75, 3.05) is 19.8 Å². The van der Waals surface area contributed by atoms with Gasteiger partial charge < -0.3 is 14.6 Å². The van der Waals surface area contributed by atoms with Crippen LogP contribution >= 0.6 is 0 Å². The second kappa shape index (κ2) is 6.03. The van der Waals surface area contributed by atoms with Gasteiger partial charge in [0.05, 0.1) is 19.3 Å². The van der Waals surface area contributed by atoms with E-state index in [-0.39, 0.29) is 5.92 Å². The van der Waals surface area contributed by atoms with Gasteiger partial charge in [0.25, 0.3) is 0 Å². The summed E-state index contributed by atoms with van der Waals surface area (Å²) in [5.41, 5.74) is 0.948. The minimum Gasteiger partial charge on any atom is -0.494 e. The molecule has 1 aromatic carbocycles. The van der Waals surface area contributed by atoms with Crippen LogP contribution in [0.4, 0.5) is 0 Å². The molecule has 2 rings (SSSR count). The Kier molecular flexibility index (Phi) is 4.40. The summed E-state index contributed by atoms with van der Waals surface area (Å²) in [6.07, 6.45) is 1.65. The predicted octanol–water partition coefficient (Wildman–Crippen LogP) is 2.55. The topological polar surface area (TPSA) is 38.7 Å². The number of ether oxygens (including phenoxy) is 2. The third-order valence-corrected chi connectivity index (χ3v) is 3.17. The lowest BCUT2D eigenvalue weighted by molar-refractivity contribution is -0.00997. The van der Waals surface area contributed by atoms with E-state index in [2.05, 4.69) is 0 Å². The molecule has 1 N–H and O–H groups in total. The predicted molar refractivity (Wildman–Crippen MR) is 66.1 cm³/mol. The first-order chi connectivity index (χ1) is 8.31. The maximum Gasteiger partial charge on any atom is 0.119 e. The molecule has 2 unspecified atom stereocenters. The molecule has 1 aliphatic heterocycles. The van der Waals surface area contributed by atoms with Gasteiger partial charge in [-0.25, -0.2) is 0 Å². The summed E-state index contributed by atoms with van der Waals surface area (Å²) in [6.45, 7) is 4.11. The van der Waals surface area contributed by atoms with Gasteiger partial charge in [0.1, 0.15) is 5.75 Å². The molecule has 0 amide bonds. The third-order valence-electron chi connectivity index (χ3n) is 3.17. The molecule has 0 aromatic heterocycles. The maximum atomic E-state index is 10.2. The summed E-state index contributed by atoms with van der Waals surface area (Å²) < 4.78 is 10.8. The second-order valence-electron chi connectivity index (χ2n) is 4.42. The Morgan fingerprint density at radius 1 is 1.41 bits per heavy atom. The highest BCUT2D eigenvalue weighted by Crippen LogP contribution is 2.29. The Balaban J connectivity index is 2.00. The summed E-state index contributed by atoms with van der Waals surface area (Å²) >= 11 is 0. The molecule has 1 aromatic rings. The van der Waals surface area contributed by atoms with Gasteiger partial charge in [-0.15, -0.1) is 0 Å². The van der Waals surface area contributed by atoms with Crippen LogP contribution in [-0.4, -0.2) is 24.9 Å². The minimum absolute atomic E-state index is 0.224. The van der Waals surface area contributed by atoms with E-state index in [0.29, 0.717) is 13.2 Å². The maximum absolute atomic E-state index is 10.2. The highest BCUT2D eigenvalue weighted by molar-refractivity contribution is 5.28. The summed E-state index contributed by atoms with van der Waals surface area (Å²) in [5.74, 6) is 1.07. The monoisotopic (exact) mass is 236 g/mol. The molecule has 1 fully saturated rings. The Hall–Kier alpha value is -1.06. The molecular weight excluding hydrogens is 216 g/mol. The van der Waals surface area contributed by atoms with Crippen molar-refractivity contribution in [3.05, 3.63) is 29.8 Å². The zero-order valence-corrected chi connectivity index (χ0v) is 10.3. The minimum atomic E-state index is -0.425. The molecule has 2 atom stereocenters. The first-order valence-electron chi connectivity index (χ1n) is 6.30. The van der Waals surface area contributed by atoms with Gasteiger partial charge in [0.15, 0.2) is 0 Å². The number of aliphatic hydroxyl groups is 1. The number of aliphatic hydroxyl groups excluding tert-OH is 1. The zero-order chi connectivity index (χ0) is 12.1. The Morgan fingerprint density at radius 2 is 2.18 bits per heavy atom. The van der Waals surface area contributed by atoms with E-state index in [1.54, 1.807) is 0 Å². The van der Waals surface area contributed by atoms with Gasteiger partial charge in [-0.05, 0) is 37.5 Å². The highest BCUT2D eigenvalue weighted by Gasteiger charge is 2.23. The largest absolute Gasteiger partial charge is 0.494 e. The summed E-state index contributed by atoms with van der Waals surface area (Å²) in [7, 11) is 0. The average Bonchev–Trinajstić information content (AvgIpc) is 2.40. The Bertz CT molecular complexity index is 328. The van der Waals surface area contributed by atoms with Gasteiger partial charge in [-0.1, -0.05) is 12.1 Å². The lowest BCUT2D eigenvalue weighted by Crippen LogP contribution is -2.23. The van der Waals surface area contributed by atoms with Crippen molar-refractivity contribution in [3.8, 4) is 5.75 Å². The zero-order valence-electron chi connectivity index (χ0n) is 10.3. The fraction of sp³-hybridized carbons (Fsp3) is 0.571. The number of rotatable bonds is 4. The van der Waals surface area contributed by atoms with Crippen molar-refractivity contribution >= 4 is 0 Å². The van der Waals surface area contributed by atoms with E-state index >= 15 is 0 Å². The van der Waals surface area contributed by atoms with Crippen molar-refractivity contribution in [3.63, 3.8) is 0 Å². The van der Waals surface area contributed by atoms with E-state index in [9.17, 15) is 5.11 Å². The van der Waals surface area contributed by atoms with E-state index in [4.69, 9.17) is 9.47 Å². The van der Waals surface area contributed by atoms with Gasteiger partial charge in [0, 0.05) is 12.5 Å². The summed E-state index contributed by atoms with van der Waals surface area (Å²) in [5, 5.41) is 10.2. The molecule has 17 heavy (non-hydrogen) atoms. The first kappa shape index (κ1) is 12.4. The van der Waals surface area contributed by atoms with Crippen LogP contribution in [0.2, 0.25) is 0 Å². The van der Waals surface area contributed by atoms with Crippen molar-refractivity contribution in [2.24, 2.45) is 5.92 Å². The lowest BCUT2D eigenvalue weighted by atomic mass is 9.91. The quantitative estimate of drug-likeness (QED) is 0.873. The molecule has 3 heteroatoms. The Labute approximate surface area is 102 Å². The van der Waals surface area contributed by atoms with Gasteiger partial charge in [0.2, 0.25) is 0 Å². The van der Waals surface area contributed by atoms with E-state index in [1.165, 1.54) is 0 Å². The standard InChI is InChI=1S/C14H20O3/c1-2-17-13-7-5-11(6-8-13)14(15)12-4-3-9-16-10-12/h5-8,12,14-15H,2-4,9-10H2,1H3. The molecule has 0 aliphatic carbocycles. The van der Waals surface area contributed by atoms with E-state index in [0.717, 1.165) is 30.8 Å². The van der Waals surface area contributed by atoms with Crippen LogP contribution in [0.5, 0.6) is 5.75 Å². The number of hydrogen-bond acceptors (Lipinski definition) is 3. The van der Waals surface area contributed by atoms with Crippen molar-refractivity contribution in [2.45, 2.75) is 25.9 Å². The van der Waals surface area contributed by atoms with Crippen LogP contribution in [0.3, 0.4) is 0 Å². The lowest BCUT2D eigenvalue weighted by Gasteiger charge is -2.27. The smallest absolute Gasteiger partial charge is 0.119 e. The molecule has 0 radical (unpaired) electrons. The molecule has 1 aliphatic rings. The fourth-order valence-corrected chi connectivity index (χ4v) is 2.21. The molecule has 0 spiro atoms. The van der Waals surface area contributed by atoms with Gasteiger partial charge >= 0.3 is 0 Å². The van der Waals surface area contributed by atoms with Crippen LogP contribution in [-0.2, 0) is 4.74 Å². The van der Waals surface area contributed by atoms with E-state index < -0.39 is 6.10 Å². The van der Waals surface area contributed by atoms with Crippen LogP contribution in [0.15, 0.2) is 24.3 Å². The summed E-state index contributed by atoms with van der Waals surface area (Å²) in [6, 6.07) is 7.69. The van der Waals surface area contributed by atoms with Crippen LogP contribution in [0.1, 0.15) is 31.4 Å². The summed E-state index contributed by atoms with van der Waals surface area (Å²) in [4.78, 5) is 0. The van der Waals surface area contributed by atoms with Crippen molar-refractivity contribution < 1.29 is 14.6 Å². The van der Waals surface area contributed by atoms with Gasteiger partial charge in [-0.2, -0.15) is 0 Å². The highest BCUT2D eigenvalue weighted by atomic mass is 16.5. The average molecular weight is 236 g/mol. The van der Waals surface area contributed by atoms with Crippen LogP contribution < -0.4 is 4.74 Å². The van der Waals surface area contributed by atoms with Crippen LogP contribution in [0.25, 0.3) is 0 Å². The number of benzene rings is 1. The molecule has 0 bridgehead atoms. The first-order valence-corrected chi connectivity index (χ1v) is 6.30. The molecular formula is C14H20O3. The van der Waals surface area contributed by atoms with Crippen molar-refractivity contribution in [1.29, 1.82) is 0 Å². The normalized spacial score (nSPS) is 22.1. The number of hydrogen-bond donors (Lipinski definition) is 1. The SMILES string of the molecule is CCOc1ccc(C(O)C2CCCOC2)cc1. The molecule has 1 heterocycles. The second-order valence-corrected chi connectivity index (χ2v) is 4.42. The molecule has 0 saturated carbocycles. The molecule has 94 valence electrons. The molecule has 1 saturated heterocycles. The fourth-order valence-electron chi connectivity index (χ4n) is 2.21.